The van der Waals surface area contributed by atoms with Gasteiger partial charge in [-0.05, 0) is 37.0 Å². The molecule has 1 atom stereocenters. The second-order valence-electron chi connectivity index (χ2n) is 5.48. The standard InChI is InChI=1S/C18H17N/c1-13-12-16-9-5-8-15-10-11-17(19(13)18(15)16)14-6-3-2-4-7-14/h2-9,12,17H,10-11H2,1H3. The Balaban J connectivity index is 1.99. The molecule has 1 nitrogen and oxygen atoms in total. The van der Waals surface area contributed by atoms with Crippen LogP contribution in [0.5, 0.6) is 0 Å². The molecule has 0 spiro atoms. The Bertz CT molecular complexity index is 737. The van der Waals surface area contributed by atoms with E-state index in [0.717, 1.165) is 0 Å². The Hall–Kier alpha value is -2.02. The highest BCUT2D eigenvalue weighted by molar-refractivity contribution is 5.85. The average Bonchev–Trinajstić information content (AvgIpc) is 2.80. The lowest BCUT2D eigenvalue weighted by Gasteiger charge is -2.28. The zero-order chi connectivity index (χ0) is 12.8. The average molecular weight is 247 g/mol. The van der Waals surface area contributed by atoms with Crippen molar-refractivity contribution in [2.75, 3.05) is 0 Å². The van der Waals surface area contributed by atoms with E-state index in [4.69, 9.17) is 0 Å². The van der Waals surface area contributed by atoms with Crippen LogP contribution in [0.3, 0.4) is 0 Å². The molecule has 0 amide bonds. The van der Waals surface area contributed by atoms with Gasteiger partial charge < -0.3 is 4.57 Å². The van der Waals surface area contributed by atoms with Crippen LogP contribution in [0.15, 0.2) is 54.6 Å². The van der Waals surface area contributed by atoms with Crippen LogP contribution in [0.2, 0.25) is 0 Å². The summed E-state index contributed by atoms with van der Waals surface area (Å²) in [5, 5.41) is 1.38. The van der Waals surface area contributed by atoms with Gasteiger partial charge in [0.2, 0.25) is 0 Å². The van der Waals surface area contributed by atoms with Crippen molar-refractivity contribution in [2.24, 2.45) is 0 Å². The van der Waals surface area contributed by atoms with Gasteiger partial charge in [-0.3, -0.25) is 0 Å². The molecule has 1 aromatic heterocycles. The minimum Gasteiger partial charge on any atom is -0.337 e. The number of para-hydroxylation sites is 1. The molecule has 4 rings (SSSR count). The summed E-state index contributed by atoms with van der Waals surface area (Å²) in [4.78, 5) is 0. The molecule has 0 N–H and O–H groups in total. The molecule has 2 aromatic carbocycles. The van der Waals surface area contributed by atoms with Crippen molar-refractivity contribution in [1.29, 1.82) is 0 Å². The van der Waals surface area contributed by atoms with Gasteiger partial charge in [0.15, 0.2) is 0 Å². The second kappa shape index (κ2) is 3.99. The van der Waals surface area contributed by atoms with E-state index in [9.17, 15) is 0 Å². The Morgan fingerprint density at radius 1 is 1.00 bits per heavy atom. The van der Waals surface area contributed by atoms with Gasteiger partial charge in [0.1, 0.15) is 0 Å². The summed E-state index contributed by atoms with van der Waals surface area (Å²) in [6, 6.07) is 20.4. The fourth-order valence-electron chi connectivity index (χ4n) is 3.51. The van der Waals surface area contributed by atoms with E-state index in [-0.39, 0.29) is 0 Å². The van der Waals surface area contributed by atoms with E-state index >= 15 is 0 Å². The summed E-state index contributed by atoms with van der Waals surface area (Å²) in [6.07, 6.45) is 2.38. The summed E-state index contributed by atoms with van der Waals surface area (Å²) >= 11 is 0. The molecule has 19 heavy (non-hydrogen) atoms. The van der Waals surface area contributed by atoms with Gasteiger partial charge in [-0.2, -0.15) is 0 Å². The second-order valence-corrected chi connectivity index (χ2v) is 5.48. The zero-order valence-electron chi connectivity index (χ0n) is 11.1. The Morgan fingerprint density at radius 2 is 1.84 bits per heavy atom. The van der Waals surface area contributed by atoms with Crippen LogP contribution >= 0.6 is 0 Å². The van der Waals surface area contributed by atoms with Gasteiger partial charge in [-0.15, -0.1) is 0 Å². The predicted octanol–water partition coefficient (Wildman–Crippen LogP) is 4.49. The molecule has 0 bridgehead atoms. The smallest absolute Gasteiger partial charge is 0.0591 e. The van der Waals surface area contributed by atoms with Crippen LogP contribution < -0.4 is 0 Å². The summed E-state index contributed by atoms with van der Waals surface area (Å²) in [5.74, 6) is 0. The van der Waals surface area contributed by atoms with Crippen LogP contribution in [-0.2, 0) is 6.42 Å². The fourth-order valence-corrected chi connectivity index (χ4v) is 3.51. The first-order valence-electron chi connectivity index (χ1n) is 6.99. The highest BCUT2D eigenvalue weighted by Crippen LogP contribution is 2.37. The molecule has 0 aliphatic carbocycles. The van der Waals surface area contributed by atoms with Gasteiger partial charge in [-0.1, -0.05) is 48.5 Å². The Labute approximate surface area is 113 Å². The highest BCUT2D eigenvalue weighted by atomic mass is 15.0. The lowest BCUT2D eigenvalue weighted by atomic mass is 9.94. The van der Waals surface area contributed by atoms with E-state index in [1.54, 1.807) is 0 Å². The Kier molecular flexibility index (Phi) is 2.28. The third-order valence-corrected chi connectivity index (χ3v) is 4.32. The zero-order valence-corrected chi connectivity index (χ0v) is 11.1. The van der Waals surface area contributed by atoms with Gasteiger partial charge >= 0.3 is 0 Å². The van der Waals surface area contributed by atoms with Crippen molar-refractivity contribution in [1.82, 2.24) is 4.57 Å². The lowest BCUT2D eigenvalue weighted by molar-refractivity contribution is 0.527. The van der Waals surface area contributed by atoms with Gasteiger partial charge in [-0.25, -0.2) is 0 Å². The largest absolute Gasteiger partial charge is 0.337 e. The molecule has 1 heteroatoms. The van der Waals surface area contributed by atoms with Crippen LogP contribution in [0.4, 0.5) is 0 Å². The molecule has 1 aliphatic heterocycles. The minimum absolute atomic E-state index is 0.494. The van der Waals surface area contributed by atoms with E-state index < -0.39 is 0 Å². The quantitative estimate of drug-likeness (QED) is 0.597. The maximum absolute atomic E-state index is 2.53. The van der Waals surface area contributed by atoms with Gasteiger partial charge in [0.05, 0.1) is 11.6 Å². The van der Waals surface area contributed by atoms with E-state index in [0.29, 0.717) is 6.04 Å². The van der Waals surface area contributed by atoms with Crippen molar-refractivity contribution < 1.29 is 0 Å². The SMILES string of the molecule is Cc1cc2cccc3c2n1C(c1ccccc1)CC3. The molecular formula is C18H17N. The molecule has 2 heterocycles. The maximum Gasteiger partial charge on any atom is 0.0591 e. The van der Waals surface area contributed by atoms with Crippen LogP contribution in [0.1, 0.15) is 29.3 Å². The fraction of sp³-hybridized carbons (Fsp3) is 0.222. The summed E-state index contributed by atoms with van der Waals surface area (Å²) in [6.45, 7) is 2.23. The number of benzene rings is 2. The van der Waals surface area contributed by atoms with Crippen molar-refractivity contribution in [3.05, 3.63) is 71.4 Å². The molecule has 0 fully saturated rings. The van der Waals surface area contributed by atoms with Crippen LogP contribution in [0, 0.1) is 6.92 Å². The molecule has 3 aromatic rings. The van der Waals surface area contributed by atoms with Crippen molar-refractivity contribution >= 4 is 10.9 Å². The van der Waals surface area contributed by atoms with E-state index in [1.807, 2.05) is 0 Å². The normalized spacial score (nSPS) is 17.8. The number of rotatable bonds is 1. The molecule has 0 radical (unpaired) electrons. The number of aryl methyl sites for hydroxylation is 2. The number of hydrogen-bond donors (Lipinski definition) is 0. The third-order valence-electron chi connectivity index (χ3n) is 4.32. The van der Waals surface area contributed by atoms with Crippen LogP contribution in [-0.4, -0.2) is 4.57 Å². The van der Waals surface area contributed by atoms with Gasteiger partial charge in [0.25, 0.3) is 0 Å². The van der Waals surface area contributed by atoms with Crippen LogP contribution in [0.25, 0.3) is 10.9 Å². The molecule has 1 unspecified atom stereocenters. The number of aromatic nitrogens is 1. The lowest BCUT2D eigenvalue weighted by Crippen LogP contribution is -2.17. The first-order valence-corrected chi connectivity index (χ1v) is 6.99. The molecule has 0 saturated carbocycles. The van der Waals surface area contributed by atoms with Crippen molar-refractivity contribution in [2.45, 2.75) is 25.8 Å². The molecule has 94 valence electrons. The Morgan fingerprint density at radius 3 is 2.68 bits per heavy atom. The molecule has 1 aliphatic rings. The summed E-state index contributed by atoms with van der Waals surface area (Å²) in [5.41, 5.74) is 5.74. The predicted molar refractivity (Wildman–Crippen MR) is 79.6 cm³/mol. The monoisotopic (exact) mass is 247 g/mol. The first kappa shape index (κ1) is 10.9. The van der Waals surface area contributed by atoms with Crippen molar-refractivity contribution in [3.63, 3.8) is 0 Å². The third kappa shape index (κ3) is 1.54. The van der Waals surface area contributed by atoms with E-state index in [2.05, 4.69) is 66.1 Å². The molecular weight excluding hydrogens is 230 g/mol. The summed E-state index contributed by atoms with van der Waals surface area (Å²) in [7, 11) is 0. The van der Waals surface area contributed by atoms with E-state index in [1.165, 1.54) is 40.6 Å². The van der Waals surface area contributed by atoms with Crippen molar-refractivity contribution in [3.8, 4) is 0 Å². The topological polar surface area (TPSA) is 4.93 Å². The minimum atomic E-state index is 0.494. The maximum atomic E-state index is 2.53. The summed E-state index contributed by atoms with van der Waals surface area (Å²) < 4.78 is 2.53. The molecule has 0 saturated heterocycles. The number of nitrogens with zero attached hydrogens (tertiary/aromatic N) is 1. The number of hydrogen-bond acceptors (Lipinski definition) is 0. The first-order chi connectivity index (χ1) is 9.34. The highest BCUT2D eigenvalue weighted by Gasteiger charge is 2.23. The van der Waals surface area contributed by atoms with Gasteiger partial charge in [0, 0.05) is 11.1 Å².